The third-order valence-electron chi connectivity index (χ3n) is 7.48. The van der Waals surface area contributed by atoms with Gasteiger partial charge in [0.15, 0.2) is 11.5 Å². The molecule has 6 rings (SSSR count). The zero-order valence-corrected chi connectivity index (χ0v) is 23.6. The Kier molecular flexibility index (Phi) is 8.87. The largest absolute Gasteiger partial charge is 0.486 e. The zero-order valence-electron chi connectivity index (χ0n) is 21.1. The molecule has 2 atom stereocenters. The SMILES string of the molecule is Cl.Cl.O=C(NCC1CCN(CC2COc3ccccc3O2)CC1)C1=C[C@H]2CNC3=CC=CC(=C1S(=O)(=O)O)N32. The van der Waals surface area contributed by atoms with E-state index in [9.17, 15) is 17.8 Å². The first kappa shape index (κ1) is 29.3. The minimum absolute atomic E-state index is 0. The first-order valence-electron chi connectivity index (χ1n) is 12.6. The third kappa shape index (κ3) is 5.92. The number of hydrogen-bond donors (Lipinski definition) is 3. The molecule has 3 N–H and O–H groups in total. The van der Waals surface area contributed by atoms with E-state index >= 15 is 0 Å². The molecule has 1 aromatic carbocycles. The zero-order chi connectivity index (χ0) is 25.6. The van der Waals surface area contributed by atoms with Crippen LogP contribution in [0, 0.1) is 5.92 Å². The van der Waals surface area contributed by atoms with Crippen molar-refractivity contribution in [3.8, 4) is 11.5 Å². The second kappa shape index (κ2) is 11.8. The van der Waals surface area contributed by atoms with E-state index in [0.29, 0.717) is 25.4 Å². The molecule has 0 aliphatic carbocycles. The molecule has 5 aliphatic rings. The van der Waals surface area contributed by atoms with Crippen LogP contribution < -0.4 is 20.1 Å². The number of rotatable bonds is 6. The van der Waals surface area contributed by atoms with Crippen molar-refractivity contribution in [1.29, 1.82) is 0 Å². The van der Waals surface area contributed by atoms with E-state index in [1.165, 1.54) is 0 Å². The number of nitrogens with zero attached hydrogens (tertiary/aromatic N) is 2. The Hall–Kier alpha value is -2.70. The Morgan fingerprint density at radius 1 is 1.15 bits per heavy atom. The van der Waals surface area contributed by atoms with Crippen molar-refractivity contribution in [1.82, 2.24) is 20.4 Å². The smallest absolute Gasteiger partial charge is 0.297 e. The van der Waals surface area contributed by atoms with Gasteiger partial charge in [-0.25, -0.2) is 0 Å². The van der Waals surface area contributed by atoms with Gasteiger partial charge in [-0.1, -0.05) is 18.2 Å². The first-order chi connectivity index (χ1) is 17.9. The standard InChI is InChI=1S/C26H30N4O6S.2ClH/c31-26(20-12-18-14-27-24-7-3-4-21(30(18)24)25(20)37(32,33)34)28-13-17-8-10-29(11-9-17)15-19-16-35-22-5-1-2-6-23(22)36-19;;/h1-7,12,17-19,27H,8-11,13-16H2,(H,28,31)(H,32,33,34);2*1H/t18-,19?;;/m0../s1. The summed E-state index contributed by atoms with van der Waals surface area (Å²) < 4.78 is 46.5. The van der Waals surface area contributed by atoms with Crippen molar-refractivity contribution in [3.05, 3.63) is 70.6 Å². The monoisotopic (exact) mass is 598 g/mol. The molecule has 2 saturated heterocycles. The lowest BCUT2D eigenvalue weighted by Crippen LogP contribution is -2.45. The van der Waals surface area contributed by atoms with Crippen molar-refractivity contribution in [2.24, 2.45) is 5.92 Å². The molecule has 2 fully saturated rings. The van der Waals surface area contributed by atoms with E-state index in [-0.39, 0.29) is 53.4 Å². The Morgan fingerprint density at radius 2 is 1.90 bits per heavy atom. The fourth-order valence-corrected chi connectivity index (χ4v) is 6.51. The Labute approximate surface area is 240 Å². The fraction of sp³-hybridized carbons (Fsp3) is 0.423. The topological polar surface area (TPSA) is 120 Å². The predicted octanol–water partition coefficient (Wildman–Crippen LogP) is 2.22. The molecule has 0 spiro atoms. The fourth-order valence-electron chi connectivity index (χ4n) is 5.64. The summed E-state index contributed by atoms with van der Waals surface area (Å²) in [6.45, 7) is 4.06. The molecule has 0 bridgehead atoms. The summed E-state index contributed by atoms with van der Waals surface area (Å²) in [7, 11) is -4.62. The average Bonchev–Trinajstić information content (AvgIpc) is 3.31. The number of amides is 1. The molecule has 212 valence electrons. The summed E-state index contributed by atoms with van der Waals surface area (Å²) in [5, 5.41) is 6.14. The molecule has 5 heterocycles. The van der Waals surface area contributed by atoms with Gasteiger partial charge in [0.05, 0.1) is 17.3 Å². The minimum Gasteiger partial charge on any atom is -0.486 e. The van der Waals surface area contributed by atoms with Crippen LogP contribution in [0.25, 0.3) is 0 Å². The molecule has 1 amide bonds. The van der Waals surface area contributed by atoms with Crippen LogP contribution in [-0.2, 0) is 14.9 Å². The molecule has 1 unspecified atom stereocenters. The Bertz CT molecular complexity index is 1340. The summed E-state index contributed by atoms with van der Waals surface area (Å²) in [6, 6.07) is 7.49. The van der Waals surface area contributed by atoms with Gasteiger partial charge >= 0.3 is 0 Å². The highest BCUT2D eigenvalue weighted by molar-refractivity contribution is 7.90. The quantitative estimate of drug-likeness (QED) is 0.423. The Morgan fingerprint density at radius 3 is 2.64 bits per heavy atom. The lowest BCUT2D eigenvalue weighted by atomic mass is 9.96. The molecule has 5 aliphatic heterocycles. The summed E-state index contributed by atoms with van der Waals surface area (Å²) in [5.41, 5.74) is 0.313. The van der Waals surface area contributed by atoms with Gasteiger partial charge in [-0.3, -0.25) is 14.2 Å². The van der Waals surface area contributed by atoms with Gasteiger partial charge in [0.2, 0.25) is 0 Å². The number of ether oxygens (including phenoxy) is 2. The van der Waals surface area contributed by atoms with E-state index < -0.39 is 16.0 Å². The number of hydrogen-bond acceptors (Lipinski definition) is 8. The van der Waals surface area contributed by atoms with Crippen molar-refractivity contribution in [3.63, 3.8) is 0 Å². The number of nitrogens with one attached hydrogen (secondary N) is 2. The van der Waals surface area contributed by atoms with E-state index in [2.05, 4.69) is 15.5 Å². The highest BCUT2D eigenvalue weighted by Gasteiger charge is 2.41. The van der Waals surface area contributed by atoms with Crippen LogP contribution in [0.15, 0.2) is 70.6 Å². The number of halogens is 2. The van der Waals surface area contributed by atoms with Crippen molar-refractivity contribution >= 4 is 40.8 Å². The van der Waals surface area contributed by atoms with Gasteiger partial charge in [-0.05, 0) is 62.2 Å². The van der Waals surface area contributed by atoms with Gasteiger partial charge in [0, 0.05) is 19.6 Å². The van der Waals surface area contributed by atoms with Crippen LogP contribution in [0.4, 0.5) is 0 Å². The number of carbonyl (C=O) groups excluding carboxylic acids is 1. The lowest BCUT2D eigenvalue weighted by Gasteiger charge is -2.36. The second-order valence-electron chi connectivity index (χ2n) is 9.95. The van der Waals surface area contributed by atoms with E-state index in [1.807, 2.05) is 30.3 Å². The number of piperidine rings is 1. The predicted molar refractivity (Wildman–Crippen MR) is 151 cm³/mol. The molecule has 0 aromatic heterocycles. The molecular formula is C26H32Cl2N4O6S. The summed E-state index contributed by atoms with van der Waals surface area (Å²) in [6.07, 6.45) is 8.58. The van der Waals surface area contributed by atoms with Crippen LogP contribution in [0.2, 0.25) is 0 Å². The Balaban J connectivity index is 0.00000176. The molecule has 0 saturated carbocycles. The van der Waals surface area contributed by atoms with Crippen LogP contribution in [-0.4, -0.2) is 80.2 Å². The van der Waals surface area contributed by atoms with Crippen LogP contribution in [0.1, 0.15) is 12.8 Å². The van der Waals surface area contributed by atoms with Crippen molar-refractivity contribution in [2.45, 2.75) is 25.0 Å². The van der Waals surface area contributed by atoms with Gasteiger partial charge in [0.1, 0.15) is 23.4 Å². The van der Waals surface area contributed by atoms with Gasteiger partial charge in [-0.2, -0.15) is 8.42 Å². The second-order valence-corrected chi connectivity index (χ2v) is 11.3. The van der Waals surface area contributed by atoms with Gasteiger partial charge < -0.3 is 25.0 Å². The van der Waals surface area contributed by atoms with E-state index in [0.717, 1.165) is 49.8 Å². The first-order valence-corrected chi connectivity index (χ1v) is 14.1. The number of allylic oxidation sites excluding steroid dienone is 3. The molecule has 0 radical (unpaired) electrons. The van der Waals surface area contributed by atoms with E-state index in [4.69, 9.17) is 9.47 Å². The maximum Gasteiger partial charge on any atom is 0.297 e. The third-order valence-corrected chi connectivity index (χ3v) is 8.42. The molecule has 39 heavy (non-hydrogen) atoms. The van der Waals surface area contributed by atoms with E-state index in [1.54, 1.807) is 23.1 Å². The molecular weight excluding hydrogens is 567 g/mol. The number of carbonyl (C=O) groups is 1. The minimum atomic E-state index is -4.62. The summed E-state index contributed by atoms with van der Waals surface area (Å²) >= 11 is 0. The summed E-state index contributed by atoms with van der Waals surface area (Å²) in [5.74, 6) is 2.11. The summed E-state index contributed by atoms with van der Waals surface area (Å²) in [4.78, 5) is 17.0. The maximum absolute atomic E-state index is 13.2. The molecule has 13 heteroatoms. The number of para-hydroxylation sites is 2. The highest BCUT2D eigenvalue weighted by Crippen LogP contribution is 2.37. The van der Waals surface area contributed by atoms with Crippen molar-refractivity contribution < 1.29 is 27.2 Å². The molecule has 1 aromatic rings. The van der Waals surface area contributed by atoms with Gasteiger partial charge in [-0.15, -0.1) is 24.8 Å². The normalized spacial score (nSPS) is 24.0. The van der Waals surface area contributed by atoms with Gasteiger partial charge in [0.25, 0.3) is 16.0 Å². The lowest BCUT2D eigenvalue weighted by molar-refractivity contribution is -0.117. The highest BCUT2D eigenvalue weighted by atomic mass is 35.5. The number of fused-ring (bicyclic) bond motifs is 1. The molecule has 10 nitrogen and oxygen atoms in total. The van der Waals surface area contributed by atoms with Crippen molar-refractivity contribution in [2.75, 3.05) is 39.3 Å². The van der Waals surface area contributed by atoms with Crippen LogP contribution in [0.5, 0.6) is 11.5 Å². The van der Waals surface area contributed by atoms with Crippen LogP contribution in [0.3, 0.4) is 0 Å². The maximum atomic E-state index is 13.2. The average molecular weight is 600 g/mol. The number of likely N-dealkylation sites (tertiary alicyclic amines) is 1. The van der Waals surface area contributed by atoms with Crippen LogP contribution >= 0.6 is 24.8 Å². The number of benzene rings is 1.